The first-order valence-electron chi connectivity index (χ1n) is 7.96. The van der Waals surface area contributed by atoms with Crippen LogP contribution in [-0.4, -0.2) is 19.7 Å². The lowest BCUT2D eigenvalue weighted by Gasteiger charge is -2.07. The molecule has 0 atom stereocenters. The first-order valence-corrected chi connectivity index (χ1v) is 7.96. The van der Waals surface area contributed by atoms with Gasteiger partial charge in [0.25, 0.3) is 0 Å². The number of hydrogen-bond acceptors (Lipinski definition) is 3. The minimum atomic E-state index is -0.253. The molecular weight excluding hydrogens is 315 g/mol. The smallest absolute Gasteiger partial charge is 0.200 e. The van der Waals surface area contributed by atoms with E-state index in [1.54, 1.807) is 23.0 Å². The molecular formula is C20H15FN4. The lowest BCUT2D eigenvalue weighted by Crippen LogP contribution is -2.06. The molecule has 5 heteroatoms. The Labute approximate surface area is 144 Å². The van der Waals surface area contributed by atoms with Crippen LogP contribution in [0.4, 0.5) is 4.39 Å². The Bertz CT molecular complexity index is 981. The molecule has 0 saturated carbocycles. The third kappa shape index (κ3) is 3.17. The van der Waals surface area contributed by atoms with Crippen LogP contribution in [0.5, 0.6) is 0 Å². The molecule has 0 spiro atoms. The molecule has 2 aromatic carbocycles. The Kier molecular flexibility index (Phi) is 4.04. The van der Waals surface area contributed by atoms with Crippen molar-refractivity contribution in [1.82, 2.24) is 19.7 Å². The number of hydrogen-bond donors (Lipinski definition) is 0. The van der Waals surface area contributed by atoms with E-state index in [4.69, 9.17) is 0 Å². The molecule has 2 aromatic heterocycles. The second kappa shape index (κ2) is 6.65. The number of aromatic nitrogens is 4. The van der Waals surface area contributed by atoms with Crippen molar-refractivity contribution in [3.05, 3.63) is 90.4 Å². The molecule has 0 radical (unpaired) electrons. The van der Waals surface area contributed by atoms with E-state index in [9.17, 15) is 4.39 Å². The number of benzene rings is 2. The molecule has 4 aromatic rings. The van der Waals surface area contributed by atoms with Gasteiger partial charge in [-0.2, -0.15) is 0 Å². The molecule has 4 rings (SSSR count). The van der Waals surface area contributed by atoms with Gasteiger partial charge in [0.2, 0.25) is 0 Å². The van der Waals surface area contributed by atoms with Gasteiger partial charge in [-0.05, 0) is 18.2 Å². The van der Waals surface area contributed by atoms with Crippen molar-refractivity contribution in [3.63, 3.8) is 0 Å². The Balaban J connectivity index is 1.81. The summed E-state index contributed by atoms with van der Waals surface area (Å²) in [5.41, 5.74) is 2.18. The normalized spacial score (nSPS) is 10.8. The highest BCUT2D eigenvalue weighted by Crippen LogP contribution is 2.22. The van der Waals surface area contributed by atoms with Crippen molar-refractivity contribution < 1.29 is 4.39 Å². The highest BCUT2D eigenvalue weighted by atomic mass is 19.1. The first-order chi connectivity index (χ1) is 12.3. The first kappa shape index (κ1) is 15.2. The second-order valence-corrected chi connectivity index (χ2v) is 5.59. The molecule has 122 valence electrons. The molecule has 0 amide bonds. The van der Waals surface area contributed by atoms with Gasteiger partial charge in [0.1, 0.15) is 11.5 Å². The number of halogens is 1. The van der Waals surface area contributed by atoms with Crippen LogP contribution >= 0.6 is 0 Å². The molecule has 25 heavy (non-hydrogen) atoms. The van der Waals surface area contributed by atoms with Crippen molar-refractivity contribution in [2.75, 3.05) is 0 Å². The molecule has 0 saturated heterocycles. The molecule has 2 heterocycles. The zero-order valence-corrected chi connectivity index (χ0v) is 13.4. The van der Waals surface area contributed by atoms with Crippen LogP contribution in [0.15, 0.2) is 79.0 Å². The van der Waals surface area contributed by atoms with E-state index in [-0.39, 0.29) is 5.82 Å². The molecule has 0 unspecified atom stereocenters. The lowest BCUT2D eigenvalue weighted by molar-refractivity contribution is 0.587. The van der Waals surface area contributed by atoms with Crippen LogP contribution in [0.2, 0.25) is 0 Å². The van der Waals surface area contributed by atoms with Gasteiger partial charge >= 0.3 is 0 Å². The summed E-state index contributed by atoms with van der Waals surface area (Å²) in [6, 6.07) is 22.1. The predicted octanol–water partition coefficient (Wildman–Crippen LogP) is 4.19. The summed E-state index contributed by atoms with van der Waals surface area (Å²) < 4.78 is 15.8. The molecule has 0 aliphatic rings. The Morgan fingerprint density at radius 2 is 1.60 bits per heavy atom. The average molecular weight is 330 g/mol. The topological polar surface area (TPSA) is 43.6 Å². The number of nitrogens with zero attached hydrogens (tertiary/aromatic N) is 4. The van der Waals surface area contributed by atoms with Gasteiger partial charge in [-0.25, -0.2) is 14.1 Å². The maximum atomic E-state index is 14.1. The molecule has 4 nitrogen and oxygen atoms in total. The minimum absolute atomic E-state index is 0.253. The van der Waals surface area contributed by atoms with Gasteiger partial charge in [-0.15, -0.1) is 5.10 Å². The van der Waals surface area contributed by atoms with E-state index in [1.165, 1.54) is 6.07 Å². The Hall–Kier alpha value is -3.34. The maximum absolute atomic E-state index is 14.1. The lowest BCUT2D eigenvalue weighted by atomic mass is 10.2. The van der Waals surface area contributed by atoms with Crippen molar-refractivity contribution in [2.24, 2.45) is 0 Å². The third-order valence-corrected chi connectivity index (χ3v) is 3.88. The fourth-order valence-corrected chi connectivity index (χ4v) is 2.64. The Morgan fingerprint density at radius 1 is 0.840 bits per heavy atom. The van der Waals surface area contributed by atoms with Crippen LogP contribution < -0.4 is 0 Å². The summed E-state index contributed by atoms with van der Waals surface area (Å²) in [5.74, 6) is 0.955. The van der Waals surface area contributed by atoms with Crippen LogP contribution in [-0.2, 0) is 6.54 Å². The van der Waals surface area contributed by atoms with Gasteiger partial charge in [0, 0.05) is 17.3 Å². The SMILES string of the molecule is Fc1ccccc1Cn1nc(-c2ccccn2)nc1-c1ccccc1. The fourth-order valence-electron chi connectivity index (χ4n) is 2.64. The monoisotopic (exact) mass is 330 g/mol. The van der Waals surface area contributed by atoms with Crippen LogP contribution in [0, 0.1) is 5.82 Å². The summed E-state index contributed by atoms with van der Waals surface area (Å²) in [6.45, 7) is 0.302. The second-order valence-electron chi connectivity index (χ2n) is 5.59. The number of pyridine rings is 1. The zero-order valence-electron chi connectivity index (χ0n) is 13.4. The van der Waals surface area contributed by atoms with Crippen LogP contribution in [0.3, 0.4) is 0 Å². The van der Waals surface area contributed by atoms with Gasteiger partial charge in [0.05, 0.1) is 6.54 Å². The highest BCUT2D eigenvalue weighted by molar-refractivity contribution is 5.59. The molecule has 0 fully saturated rings. The minimum Gasteiger partial charge on any atom is -0.253 e. The largest absolute Gasteiger partial charge is 0.253 e. The third-order valence-electron chi connectivity index (χ3n) is 3.88. The highest BCUT2D eigenvalue weighted by Gasteiger charge is 2.15. The van der Waals surface area contributed by atoms with Gasteiger partial charge < -0.3 is 0 Å². The predicted molar refractivity (Wildman–Crippen MR) is 94.2 cm³/mol. The van der Waals surface area contributed by atoms with Crippen LogP contribution in [0.25, 0.3) is 22.9 Å². The summed E-state index contributed by atoms with van der Waals surface area (Å²) in [6.07, 6.45) is 1.70. The summed E-state index contributed by atoms with van der Waals surface area (Å²) in [4.78, 5) is 8.95. The van der Waals surface area contributed by atoms with E-state index in [0.717, 1.165) is 5.56 Å². The quantitative estimate of drug-likeness (QED) is 0.563. The van der Waals surface area contributed by atoms with Gasteiger partial charge in [-0.3, -0.25) is 4.98 Å². The average Bonchev–Trinajstić information content (AvgIpc) is 3.09. The van der Waals surface area contributed by atoms with E-state index < -0.39 is 0 Å². The van der Waals surface area contributed by atoms with Gasteiger partial charge in [0.15, 0.2) is 11.6 Å². The molecule has 0 aliphatic heterocycles. The molecule has 0 aliphatic carbocycles. The molecule has 0 bridgehead atoms. The van der Waals surface area contributed by atoms with Crippen molar-refractivity contribution >= 4 is 0 Å². The standard InChI is InChI=1S/C20H15FN4/c21-17-11-5-4-10-16(17)14-25-20(15-8-2-1-3-9-15)23-19(24-25)18-12-6-7-13-22-18/h1-13H,14H2. The summed E-state index contributed by atoms with van der Waals surface area (Å²) in [5, 5.41) is 4.57. The van der Waals surface area contributed by atoms with Crippen LogP contribution in [0.1, 0.15) is 5.56 Å². The van der Waals surface area contributed by atoms with Crippen molar-refractivity contribution in [1.29, 1.82) is 0 Å². The number of rotatable bonds is 4. The molecule has 0 N–H and O–H groups in total. The van der Waals surface area contributed by atoms with Gasteiger partial charge in [-0.1, -0.05) is 54.6 Å². The summed E-state index contributed by atoms with van der Waals surface area (Å²) in [7, 11) is 0. The Morgan fingerprint density at radius 3 is 2.36 bits per heavy atom. The zero-order chi connectivity index (χ0) is 17.1. The van der Waals surface area contributed by atoms with E-state index >= 15 is 0 Å². The van der Waals surface area contributed by atoms with E-state index in [0.29, 0.717) is 29.5 Å². The maximum Gasteiger partial charge on any atom is 0.200 e. The fraction of sp³-hybridized carbons (Fsp3) is 0.0500. The van der Waals surface area contributed by atoms with E-state index in [2.05, 4.69) is 15.1 Å². The summed E-state index contributed by atoms with van der Waals surface area (Å²) >= 11 is 0. The van der Waals surface area contributed by atoms with E-state index in [1.807, 2.05) is 54.6 Å². The van der Waals surface area contributed by atoms with Crippen molar-refractivity contribution in [2.45, 2.75) is 6.54 Å². The van der Waals surface area contributed by atoms with Crippen molar-refractivity contribution in [3.8, 4) is 22.9 Å².